The molecular formula is C13H12N2O. The molecule has 16 heavy (non-hydrogen) atoms. The van der Waals surface area contributed by atoms with Crippen molar-refractivity contribution in [3.63, 3.8) is 0 Å². The molecule has 0 aliphatic rings. The van der Waals surface area contributed by atoms with E-state index in [1.807, 2.05) is 30.3 Å². The highest BCUT2D eigenvalue weighted by Crippen LogP contribution is 2.17. The van der Waals surface area contributed by atoms with Crippen LogP contribution in [0.5, 0.6) is 0 Å². The van der Waals surface area contributed by atoms with Gasteiger partial charge in [0, 0.05) is 6.20 Å². The third-order valence-electron chi connectivity index (χ3n) is 2.22. The molecule has 0 radical (unpaired) electrons. The summed E-state index contributed by atoms with van der Waals surface area (Å²) in [7, 11) is 0. The molecule has 2 aromatic heterocycles. The maximum Gasteiger partial charge on any atom is 0.114 e. The van der Waals surface area contributed by atoms with Crippen molar-refractivity contribution in [3.05, 3.63) is 60.9 Å². The summed E-state index contributed by atoms with van der Waals surface area (Å²) in [6.07, 6.45) is 2.43. The first-order valence-corrected chi connectivity index (χ1v) is 5.00. The Balaban J connectivity index is 2.40. The summed E-state index contributed by atoms with van der Waals surface area (Å²) in [6, 6.07) is 11.1. The molecule has 0 amide bonds. The molecule has 2 aromatic rings. The number of aliphatic hydroxyl groups is 1. The van der Waals surface area contributed by atoms with Crippen molar-refractivity contribution in [3.8, 4) is 11.4 Å². The molecule has 1 atom stereocenters. The number of aromatic nitrogens is 2. The van der Waals surface area contributed by atoms with Gasteiger partial charge in [0.2, 0.25) is 0 Å². The van der Waals surface area contributed by atoms with Gasteiger partial charge >= 0.3 is 0 Å². The summed E-state index contributed by atoms with van der Waals surface area (Å²) in [4.78, 5) is 8.54. The minimum Gasteiger partial charge on any atom is -0.383 e. The van der Waals surface area contributed by atoms with Crippen LogP contribution in [-0.2, 0) is 0 Å². The van der Waals surface area contributed by atoms with Crippen molar-refractivity contribution in [2.75, 3.05) is 0 Å². The number of pyridine rings is 2. The van der Waals surface area contributed by atoms with E-state index in [0.717, 1.165) is 11.4 Å². The highest BCUT2D eigenvalue weighted by molar-refractivity contribution is 5.53. The fraction of sp³-hybridized carbons (Fsp3) is 0.0769. The van der Waals surface area contributed by atoms with Gasteiger partial charge < -0.3 is 5.11 Å². The Hall–Kier alpha value is -2.00. The smallest absolute Gasteiger partial charge is 0.114 e. The molecule has 1 unspecified atom stereocenters. The average molecular weight is 212 g/mol. The lowest BCUT2D eigenvalue weighted by Gasteiger charge is -2.06. The molecule has 0 aliphatic carbocycles. The SMILES string of the molecule is C=CC(O)c1cccc(-c2ccccn2)n1. The van der Waals surface area contributed by atoms with Gasteiger partial charge in [0.05, 0.1) is 17.1 Å². The number of hydrogen-bond donors (Lipinski definition) is 1. The molecular weight excluding hydrogens is 200 g/mol. The zero-order chi connectivity index (χ0) is 11.4. The third-order valence-corrected chi connectivity index (χ3v) is 2.22. The second kappa shape index (κ2) is 4.68. The van der Waals surface area contributed by atoms with E-state index < -0.39 is 6.10 Å². The van der Waals surface area contributed by atoms with Crippen molar-refractivity contribution in [1.29, 1.82) is 0 Å². The molecule has 0 saturated carbocycles. The van der Waals surface area contributed by atoms with E-state index in [2.05, 4.69) is 16.5 Å². The lowest BCUT2D eigenvalue weighted by Crippen LogP contribution is -1.98. The fourth-order valence-corrected chi connectivity index (χ4v) is 1.39. The standard InChI is InChI=1S/C13H12N2O/c1-2-13(16)12-8-5-7-11(15-12)10-6-3-4-9-14-10/h2-9,13,16H,1H2. The Labute approximate surface area is 94.1 Å². The van der Waals surface area contributed by atoms with E-state index >= 15 is 0 Å². The van der Waals surface area contributed by atoms with Crippen molar-refractivity contribution in [1.82, 2.24) is 9.97 Å². The van der Waals surface area contributed by atoms with Crippen molar-refractivity contribution >= 4 is 0 Å². The maximum absolute atomic E-state index is 9.60. The Morgan fingerprint density at radius 3 is 2.62 bits per heavy atom. The summed E-state index contributed by atoms with van der Waals surface area (Å²) >= 11 is 0. The Morgan fingerprint density at radius 1 is 1.12 bits per heavy atom. The van der Waals surface area contributed by atoms with E-state index in [-0.39, 0.29) is 0 Å². The molecule has 1 N–H and O–H groups in total. The largest absolute Gasteiger partial charge is 0.383 e. The van der Waals surface area contributed by atoms with Crippen LogP contribution in [0.4, 0.5) is 0 Å². The molecule has 2 heterocycles. The minimum atomic E-state index is -0.733. The molecule has 2 rings (SSSR count). The van der Waals surface area contributed by atoms with Crippen LogP contribution in [0.15, 0.2) is 55.3 Å². The van der Waals surface area contributed by atoms with Crippen LogP contribution in [0.25, 0.3) is 11.4 Å². The number of hydrogen-bond acceptors (Lipinski definition) is 3. The lowest BCUT2D eigenvalue weighted by atomic mass is 10.2. The summed E-state index contributed by atoms with van der Waals surface area (Å²) < 4.78 is 0. The van der Waals surface area contributed by atoms with Gasteiger partial charge in [0.15, 0.2) is 0 Å². The van der Waals surface area contributed by atoms with Gasteiger partial charge in [-0.3, -0.25) is 4.98 Å². The van der Waals surface area contributed by atoms with Crippen molar-refractivity contribution < 1.29 is 5.11 Å². The van der Waals surface area contributed by atoms with E-state index in [0.29, 0.717) is 5.69 Å². The summed E-state index contributed by atoms with van der Waals surface area (Å²) in [5.74, 6) is 0. The highest BCUT2D eigenvalue weighted by Gasteiger charge is 2.06. The predicted octanol–water partition coefficient (Wildman–Crippen LogP) is 2.36. The summed E-state index contributed by atoms with van der Waals surface area (Å²) in [5.41, 5.74) is 2.12. The minimum absolute atomic E-state index is 0.582. The fourth-order valence-electron chi connectivity index (χ4n) is 1.39. The monoisotopic (exact) mass is 212 g/mol. The molecule has 3 heteroatoms. The van der Waals surface area contributed by atoms with E-state index in [4.69, 9.17) is 0 Å². The topological polar surface area (TPSA) is 46.0 Å². The van der Waals surface area contributed by atoms with Crippen LogP contribution in [0, 0.1) is 0 Å². The Morgan fingerprint density at radius 2 is 1.94 bits per heavy atom. The zero-order valence-corrected chi connectivity index (χ0v) is 8.74. The van der Waals surface area contributed by atoms with Crippen LogP contribution in [0.1, 0.15) is 11.8 Å². The quantitative estimate of drug-likeness (QED) is 0.794. The predicted molar refractivity (Wildman–Crippen MR) is 62.6 cm³/mol. The molecule has 0 bridgehead atoms. The molecule has 0 aliphatic heterocycles. The van der Waals surface area contributed by atoms with E-state index in [9.17, 15) is 5.11 Å². The molecule has 0 fully saturated rings. The van der Waals surface area contributed by atoms with Gasteiger partial charge in [-0.2, -0.15) is 0 Å². The average Bonchev–Trinajstić information content (AvgIpc) is 2.39. The van der Waals surface area contributed by atoms with Crippen LogP contribution in [0.2, 0.25) is 0 Å². The summed E-state index contributed by atoms with van der Waals surface area (Å²) in [5, 5.41) is 9.60. The van der Waals surface area contributed by atoms with Crippen molar-refractivity contribution in [2.45, 2.75) is 6.10 Å². The van der Waals surface area contributed by atoms with Gasteiger partial charge in [-0.25, -0.2) is 4.98 Å². The van der Waals surface area contributed by atoms with E-state index in [1.54, 1.807) is 12.3 Å². The zero-order valence-electron chi connectivity index (χ0n) is 8.74. The molecule has 0 spiro atoms. The van der Waals surface area contributed by atoms with Crippen LogP contribution < -0.4 is 0 Å². The summed E-state index contributed by atoms with van der Waals surface area (Å²) in [6.45, 7) is 3.53. The molecule has 80 valence electrons. The van der Waals surface area contributed by atoms with Gasteiger partial charge in [-0.15, -0.1) is 6.58 Å². The van der Waals surface area contributed by atoms with Gasteiger partial charge in [-0.1, -0.05) is 18.2 Å². The van der Waals surface area contributed by atoms with Crippen LogP contribution in [0.3, 0.4) is 0 Å². The Bertz CT molecular complexity index is 482. The van der Waals surface area contributed by atoms with Gasteiger partial charge in [-0.05, 0) is 24.3 Å². The second-order valence-electron chi connectivity index (χ2n) is 3.34. The number of rotatable bonds is 3. The highest BCUT2D eigenvalue weighted by atomic mass is 16.3. The van der Waals surface area contributed by atoms with Gasteiger partial charge in [0.1, 0.15) is 6.10 Å². The van der Waals surface area contributed by atoms with Gasteiger partial charge in [0.25, 0.3) is 0 Å². The number of aliphatic hydroxyl groups excluding tert-OH is 1. The Kier molecular flexibility index (Phi) is 3.08. The third kappa shape index (κ3) is 2.15. The van der Waals surface area contributed by atoms with Crippen molar-refractivity contribution in [2.24, 2.45) is 0 Å². The second-order valence-corrected chi connectivity index (χ2v) is 3.34. The normalized spacial score (nSPS) is 12.1. The molecule has 3 nitrogen and oxygen atoms in total. The molecule has 0 aromatic carbocycles. The molecule has 0 saturated heterocycles. The first kappa shape index (κ1) is 10.5. The number of nitrogens with zero attached hydrogens (tertiary/aromatic N) is 2. The first-order chi connectivity index (χ1) is 7.81. The van der Waals surface area contributed by atoms with Crippen LogP contribution in [-0.4, -0.2) is 15.1 Å². The van der Waals surface area contributed by atoms with E-state index in [1.165, 1.54) is 6.08 Å². The lowest BCUT2D eigenvalue weighted by molar-refractivity contribution is 0.224. The maximum atomic E-state index is 9.60. The van der Waals surface area contributed by atoms with Crippen LogP contribution >= 0.6 is 0 Å². The first-order valence-electron chi connectivity index (χ1n) is 5.00.